The molecule has 12 heteroatoms. The molecule has 41 heavy (non-hydrogen) atoms. The third-order valence-corrected chi connectivity index (χ3v) is 6.99. The molecule has 0 spiro atoms. The number of rotatable bonds is 6. The molecular weight excluding hydrogens is 540 g/mol. The van der Waals surface area contributed by atoms with E-state index in [9.17, 15) is 23.9 Å². The van der Waals surface area contributed by atoms with Crippen LogP contribution in [0, 0.1) is 23.0 Å². The fourth-order valence-corrected chi connectivity index (χ4v) is 5.15. The largest absolute Gasteiger partial charge is 0.389 e. The number of aromatic nitrogens is 3. The van der Waals surface area contributed by atoms with Gasteiger partial charge in [0, 0.05) is 35.8 Å². The minimum absolute atomic E-state index is 0.0802. The Labute approximate surface area is 232 Å². The number of hydrogen-bond acceptors (Lipinski definition) is 6. The van der Waals surface area contributed by atoms with E-state index in [0.29, 0.717) is 25.1 Å². The smallest absolute Gasteiger partial charge is 0.268 e. The number of benzene rings is 3. The van der Waals surface area contributed by atoms with Gasteiger partial charge in [-0.25, -0.2) is 22.2 Å². The van der Waals surface area contributed by atoms with Gasteiger partial charge >= 0.3 is 0 Å². The van der Waals surface area contributed by atoms with E-state index in [1.807, 2.05) is 0 Å². The number of carbonyl (C=O) groups excluding carboxylic acids is 1. The first-order chi connectivity index (χ1) is 19.4. The van der Waals surface area contributed by atoms with Crippen LogP contribution in [0.1, 0.15) is 48.2 Å². The van der Waals surface area contributed by atoms with Gasteiger partial charge in [0.1, 0.15) is 28.7 Å². The first-order valence-electron chi connectivity index (χ1n) is 12.8. The van der Waals surface area contributed by atoms with Crippen molar-refractivity contribution >= 4 is 16.9 Å². The molecule has 0 bridgehead atoms. The number of amides is 1. The Balaban J connectivity index is 1.72. The van der Waals surface area contributed by atoms with Crippen LogP contribution in [0.3, 0.4) is 0 Å². The van der Waals surface area contributed by atoms with Crippen molar-refractivity contribution in [3.05, 3.63) is 70.8 Å². The van der Waals surface area contributed by atoms with Crippen LogP contribution in [-0.4, -0.2) is 55.6 Å². The predicted octanol–water partition coefficient (Wildman–Crippen LogP) is 4.80. The molecule has 212 valence electrons. The molecule has 1 aliphatic heterocycles. The molecule has 2 heterocycles. The molecule has 0 unspecified atom stereocenters. The van der Waals surface area contributed by atoms with Crippen molar-refractivity contribution in [3.63, 3.8) is 0 Å². The van der Waals surface area contributed by atoms with Crippen LogP contribution < -0.4 is 5.73 Å². The lowest BCUT2D eigenvalue weighted by molar-refractivity contribution is 0.0581. The minimum atomic E-state index is -3.34. The topological polar surface area (TPSA) is 121 Å². The SMILES string of the molecule is CC(C)(O)Cn1nnc2cc(-c3c(-c4cccc(C(=O)N5CC[C@H](N)C5)c4)ccc(C#N)c3F)c(F)c(C(F)F)c21. The number of carbonyl (C=O) groups is 1. The van der Waals surface area contributed by atoms with Crippen LogP contribution in [0.5, 0.6) is 0 Å². The van der Waals surface area contributed by atoms with E-state index in [1.54, 1.807) is 29.2 Å². The van der Waals surface area contributed by atoms with Crippen LogP contribution in [-0.2, 0) is 6.54 Å². The highest BCUT2D eigenvalue weighted by molar-refractivity contribution is 5.97. The van der Waals surface area contributed by atoms with E-state index in [-0.39, 0.29) is 40.7 Å². The predicted molar refractivity (Wildman–Crippen MR) is 143 cm³/mol. The molecule has 3 N–H and O–H groups in total. The minimum Gasteiger partial charge on any atom is -0.389 e. The van der Waals surface area contributed by atoms with Crippen molar-refractivity contribution in [1.29, 1.82) is 5.26 Å². The Morgan fingerprint density at radius 2 is 1.95 bits per heavy atom. The Kier molecular flexibility index (Phi) is 7.27. The summed E-state index contributed by atoms with van der Waals surface area (Å²) in [4.78, 5) is 14.7. The molecule has 4 aromatic rings. The summed E-state index contributed by atoms with van der Waals surface area (Å²) in [5.74, 6) is -2.82. The Morgan fingerprint density at radius 3 is 2.59 bits per heavy atom. The zero-order valence-corrected chi connectivity index (χ0v) is 22.2. The van der Waals surface area contributed by atoms with Gasteiger partial charge in [-0.15, -0.1) is 5.10 Å². The van der Waals surface area contributed by atoms with Crippen LogP contribution >= 0.6 is 0 Å². The van der Waals surface area contributed by atoms with Gasteiger partial charge in [-0.05, 0) is 55.7 Å². The summed E-state index contributed by atoms with van der Waals surface area (Å²) in [6.07, 6.45) is -2.68. The molecule has 3 aromatic carbocycles. The highest BCUT2D eigenvalue weighted by Gasteiger charge is 2.30. The van der Waals surface area contributed by atoms with Crippen molar-refractivity contribution < 1.29 is 27.5 Å². The number of likely N-dealkylation sites (tertiary alicyclic amines) is 1. The molecule has 1 aliphatic rings. The molecule has 0 saturated carbocycles. The second kappa shape index (κ2) is 10.6. The fourth-order valence-electron chi connectivity index (χ4n) is 5.15. The van der Waals surface area contributed by atoms with Crippen molar-refractivity contribution in [2.24, 2.45) is 5.73 Å². The molecule has 1 saturated heterocycles. The lowest BCUT2D eigenvalue weighted by Gasteiger charge is -2.19. The molecule has 5 rings (SSSR count). The van der Waals surface area contributed by atoms with Crippen LogP contribution in [0.2, 0.25) is 0 Å². The molecule has 1 fully saturated rings. The zero-order chi connectivity index (χ0) is 29.6. The maximum atomic E-state index is 16.1. The summed E-state index contributed by atoms with van der Waals surface area (Å²) in [5, 5.41) is 27.4. The maximum Gasteiger partial charge on any atom is 0.268 e. The van der Waals surface area contributed by atoms with Gasteiger partial charge in [-0.1, -0.05) is 23.4 Å². The average molecular weight is 567 g/mol. The van der Waals surface area contributed by atoms with Crippen molar-refractivity contribution in [3.8, 4) is 28.3 Å². The molecule has 0 radical (unpaired) electrons. The number of nitriles is 1. The average Bonchev–Trinajstić information content (AvgIpc) is 3.52. The van der Waals surface area contributed by atoms with Gasteiger partial charge in [0.2, 0.25) is 0 Å². The van der Waals surface area contributed by atoms with E-state index in [2.05, 4.69) is 10.3 Å². The van der Waals surface area contributed by atoms with Gasteiger partial charge in [0.05, 0.1) is 23.3 Å². The lowest BCUT2D eigenvalue weighted by atomic mass is 9.90. The summed E-state index contributed by atoms with van der Waals surface area (Å²) in [7, 11) is 0. The molecular formula is C29H26F4N6O2. The van der Waals surface area contributed by atoms with Crippen molar-refractivity contribution in [2.45, 2.75) is 44.9 Å². The van der Waals surface area contributed by atoms with E-state index < -0.39 is 45.9 Å². The standard InChI is InChI=1S/C29H26F4N6O2/c1-29(2,41)14-39-26-21(36-37-39)11-20(25(31)23(26)27(32)33)22-19(7-6-17(12-34)24(22)30)15-4-3-5-16(10-15)28(40)38-9-8-18(35)13-38/h3-7,10-11,18,27,41H,8-9,13-14,35H2,1-2H3/t18-/m0/s1. The van der Waals surface area contributed by atoms with E-state index >= 15 is 8.78 Å². The number of hydrogen-bond donors (Lipinski definition) is 2. The highest BCUT2D eigenvalue weighted by atomic mass is 19.3. The Morgan fingerprint density at radius 1 is 1.20 bits per heavy atom. The second-order valence-electron chi connectivity index (χ2n) is 10.7. The van der Waals surface area contributed by atoms with E-state index in [4.69, 9.17) is 5.73 Å². The van der Waals surface area contributed by atoms with E-state index in [1.165, 1.54) is 32.0 Å². The number of nitrogens with zero attached hydrogens (tertiary/aromatic N) is 5. The molecule has 8 nitrogen and oxygen atoms in total. The molecule has 1 aromatic heterocycles. The third-order valence-electron chi connectivity index (χ3n) is 6.99. The summed E-state index contributed by atoms with van der Waals surface area (Å²) >= 11 is 0. The van der Waals surface area contributed by atoms with Gasteiger partial charge in [-0.3, -0.25) is 4.79 Å². The Bertz CT molecular complexity index is 1710. The number of alkyl halides is 2. The molecule has 0 aliphatic carbocycles. The molecule has 1 atom stereocenters. The van der Waals surface area contributed by atoms with Gasteiger partial charge in [0.15, 0.2) is 0 Å². The first kappa shape index (κ1) is 28.2. The summed E-state index contributed by atoms with van der Waals surface area (Å²) in [6.45, 7) is 3.47. The van der Waals surface area contributed by atoms with Crippen LogP contribution in [0.4, 0.5) is 17.6 Å². The van der Waals surface area contributed by atoms with Gasteiger partial charge < -0.3 is 15.7 Å². The lowest BCUT2D eigenvalue weighted by Crippen LogP contribution is -2.31. The number of halogens is 4. The highest BCUT2D eigenvalue weighted by Crippen LogP contribution is 2.42. The monoisotopic (exact) mass is 566 g/mol. The molecule has 1 amide bonds. The van der Waals surface area contributed by atoms with Gasteiger partial charge in [0.25, 0.3) is 12.3 Å². The third kappa shape index (κ3) is 5.26. The zero-order valence-electron chi connectivity index (χ0n) is 22.2. The van der Waals surface area contributed by atoms with Gasteiger partial charge in [-0.2, -0.15) is 5.26 Å². The number of nitrogens with two attached hydrogens (primary N) is 1. The second-order valence-corrected chi connectivity index (χ2v) is 10.7. The van der Waals surface area contributed by atoms with E-state index in [0.717, 1.165) is 10.7 Å². The fraction of sp³-hybridized carbons (Fsp3) is 0.310. The summed E-state index contributed by atoms with van der Waals surface area (Å²) in [5.41, 5.74) is 2.28. The quantitative estimate of drug-likeness (QED) is 0.324. The van der Waals surface area contributed by atoms with Crippen LogP contribution in [0.25, 0.3) is 33.3 Å². The summed E-state index contributed by atoms with van der Waals surface area (Å²) in [6, 6.07) is 11.5. The Hall–Kier alpha value is -4.34. The first-order valence-corrected chi connectivity index (χ1v) is 12.8. The number of fused-ring (bicyclic) bond motifs is 1. The number of aliphatic hydroxyl groups is 1. The van der Waals surface area contributed by atoms with Crippen LogP contribution in [0.15, 0.2) is 42.5 Å². The normalized spacial score (nSPS) is 15.6. The summed E-state index contributed by atoms with van der Waals surface area (Å²) < 4.78 is 61.6. The van der Waals surface area contributed by atoms with Crippen molar-refractivity contribution in [2.75, 3.05) is 13.1 Å². The van der Waals surface area contributed by atoms with Crippen molar-refractivity contribution in [1.82, 2.24) is 19.9 Å². The maximum absolute atomic E-state index is 16.1.